The minimum absolute atomic E-state index is 0.131. The number of carbonyl (C=O) groups excluding carboxylic acids is 1. The summed E-state index contributed by atoms with van der Waals surface area (Å²) in [7, 11) is 0. The van der Waals surface area contributed by atoms with Crippen molar-refractivity contribution < 1.29 is 9.90 Å². The van der Waals surface area contributed by atoms with Crippen LogP contribution in [0.1, 0.15) is 26.3 Å². The first-order chi connectivity index (χ1) is 8.70. The standard InChI is InChI=1S/C13H14N2O2S/c1-9-14-7-12(18-9)13(17)15-11(8-16)10-5-3-2-4-6-10/h2-7,11,16H,8H2,1H3,(H,15,17)/t11-/m1/s1. The minimum atomic E-state index is -0.388. The lowest BCUT2D eigenvalue weighted by molar-refractivity contribution is 0.0920. The molecule has 0 aliphatic carbocycles. The highest BCUT2D eigenvalue weighted by Crippen LogP contribution is 2.15. The van der Waals surface area contributed by atoms with Gasteiger partial charge in [-0.25, -0.2) is 4.98 Å². The van der Waals surface area contributed by atoms with E-state index in [1.54, 1.807) is 6.20 Å². The molecule has 5 heteroatoms. The number of benzene rings is 1. The van der Waals surface area contributed by atoms with Gasteiger partial charge in [-0.15, -0.1) is 11.3 Å². The fourth-order valence-corrected chi connectivity index (χ4v) is 2.30. The Labute approximate surface area is 109 Å². The normalized spacial score (nSPS) is 12.1. The van der Waals surface area contributed by atoms with E-state index in [-0.39, 0.29) is 18.6 Å². The number of aliphatic hydroxyl groups excluding tert-OH is 1. The van der Waals surface area contributed by atoms with Gasteiger partial charge in [0.05, 0.1) is 23.9 Å². The SMILES string of the molecule is Cc1ncc(C(=O)N[C@H](CO)c2ccccc2)s1. The average Bonchev–Trinajstić information content (AvgIpc) is 2.83. The molecule has 0 fully saturated rings. The van der Waals surface area contributed by atoms with Crippen molar-refractivity contribution in [2.45, 2.75) is 13.0 Å². The average molecular weight is 262 g/mol. The molecule has 0 radical (unpaired) electrons. The van der Waals surface area contributed by atoms with Crippen LogP contribution in [0.4, 0.5) is 0 Å². The van der Waals surface area contributed by atoms with E-state index in [0.29, 0.717) is 4.88 Å². The van der Waals surface area contributed by atoms with Gasteiger partial charge in [-0.2, -0.15) is 0 Å². The van der Waals surface area contributed by atoms with Gasteiger partial charge in [0.1, 0.15) is 4.88 Å². The lowest BCUT2D eigenvalue weighted by Crippen LogP contribution is -2.30. The van der Waals surface area contributed by atoms with E-state index in [2.05, 4.69) is 10.3 Å². The Morgan fingerprint density at radius 3 is 2.72 bits per heavy atom. The summed E-state index contributed by atoms with van der Waals surface area (Å²) >= 11 is 1.34. The number of hydrogen-bond donors (Lipinski definition) is 2. The zero-order valence-electron chi connectivity index (χ0n) is 9.96. The largest absolute Gasteiger partial charge is 0.394 e. The Hall–Kier alpha value is -1.72. The molecule has 0 aliphatic rings. The van der Waals surface area contributed by atoms with Gasteiger partial charge in [0.15, 0.2) is 0 Å². The molecule has 1 heterocycles. The molecule has 1 amide bonds. The van der Waals surface area contributed by atoms with Crippen LogP contribution in [0.3, 0.4) is 0 Å². The molecule has 94 valence electrons. The summed E-state index contributed by atoms with van der Waals surface area (Å²) in [4.78, 5) is 16.5. The van der Waals surface area contributed by atoms with E-state index >= 15 is 0 Å². The van der Waals surface area contributed by atoms with Gasteiger partial charge < -0.3 is 10.4 Å². The molecule has 18 heavy (non-hydrogen) atoms. The highest BCUT2D eigenvalue weighted by atomic mass is 32.1. The Morgan fingerprint density at radius 2 is 2.17 bits per heavy atom. The highest BCUT2D eigenvalue weighted by molar-refractivity contribution is 7.13. The summed E-state index contributed by atoms with van der Waals surface area (Å²) in [6, 6.07) is 9.01. The van der Waals surface area contributed by atoms with Crippen LogP contribution >= 0.6 is 11.3 Å². The molecule has 1 atom stereocenters. The van der Waals surface area contributed by atoms with Gasteiger partial charge >= 0.3 is 0 Å². The topological polar surface area (TPSA) is 62.2 Å². The molecule has 1 aromatic heterocycles. The first-order valence-corrected chi connectivity index (χ1v) is 6.41. The van der Waals surface area contributed by atoms with Gasteiger partial charge in [-0.3, -0.25) is 4.79 Å². The van der Waals surface area contributed by atoms with Crippen LogP contribution in [0.5, 0.6) is 0 Å². The highest BCUT2D eigenvalue weighted by Gasteiger charge is 2.16. The zero-order valence-corrected chi connectivity index (χ0v) is 10.8. The molecular formula is C13H14N2O2S. The van der Waals surface area contributed by atoms with E-state index in [1.807, 2.05) is 37.3 Å². The lowest BCUT2D eigenvalue weighted by Gasteiger charge is -2.15. The number of hydrogen-bond acceptors (Lipinski definition) is 4. The van der Waals surface area contributed by atoms with Crippen LogP contribution in [0.15, 0.2) is 36.5 Å². The second-order valence-electron chi connectivity index (χ2n) is 3.86. The van der Waals surface area contributed by atoms with Crippen molar-refractivity contribution >= 4 is 17.2 Å². The summed E-state index contributed by atoms with van der Waals surface area (Å²) in [6.07, 6.45) is 1.55. The van der Waals surface area contributed by atoms with Crippen LogP contribution in [-0.2, 0) is 0 Å². The molecule has 0 spiro atoms. The van der Waals surface area contributed by atoms with Crippen LogP contribution in [-0.4, -0.2) is 22.6 Å². The van der Waals surface area contributed by atoms with Crippen molar-refractivity contribution in [1.82, 2.24) is 10.3 Å². The smallest absolute Gasteiger partial charge is 0.263 e. The molecule has 2 aromatic rings. The fourth-order valence-electron chi connectivity index (χ4n) is 1.62. The molecule has 0 aliphatic heterocycles. The molecule has 2 rings (SSSR count). The number of rotatable bonds is 4. The molecule has 0 saturated carbocycles. The number of amides is 1. The molecular weight excluding hydrogens is 248 g/mol. The fraction of sp³-hybridized carbons (Fsp3) is 0.231. The van der Waals surface area contributed by atoms with E-state index in [0.717, 1.165) is 10.6 Å². The minimum Gasteiger partial charge on any atom is -0.394 e. The third-order valence-electron chi connectivity index (χ3n) is 2.53. The number of carbonyl (C=O) groups is 1. The molecule has 0 saturated heterocycles. The maximum absolute atomic E-state index is 11.9. The molecule has 0 bridgehead atoms. The van der Waals surface area contributed by atoms with Crippen LogP contribution in [0.25, 0.3) is 0 Å². The van der Waals surface area contributed by atoms with Crippen molar-refractivity contribution in [3.8, 4) is 0 Å². The zero-order chi connectivity index (χ0) is 13.0. The van der Waals surface area contributed by atoms with Crippen molar-refractivity contribution in [2.24, 2.45) is 0 Å². The summed E-state index contributed by atoms with van der Waals surface area (Å²) < 4.78 is 0. The monoisotopic (exact) mass is 262 g/mol. The second kappa shape index (κ2) is 5.75. The van der Waals surface area contributed by atoms with Gasteiger partial charge in [-0.1, -0.05) is 30.3 Å². The molecule has 0 unspecified atom stereocenters. The van der Waals surface area contributed by atoms with Crippen LogP contribution in [0, 0.1) is 6.92 Å². The quantitative estimate of drug-likeness (QED) is 0.884. The number of aromatic nitrogens is 1. The number of aliphatic hydroxyl groups is 1. The van der Waals surface area contributed by atoms with Crippen molar-refractivity contribution in [3.63, 3.8) is 0 Å². The van der Waals surface area contributed by atoms with Gasteiger partial charge in [-0.05, 0) is 12.5 Å². The van der Waals surface area contributed by atoms with E-state index in [9.17, 15) is 9.90 Å². The predicted molar refractivity (Wildman–Crippen MR) is 70.6 cm³/mol. The first-order valence-electron chi connectivity index (χ1n) is 5.60. The second-order valence-corrected chi connectivity index (χ2v) is 5.10. The maximum atomic E-state index is 11.9. The Balaban J connectivity index is 2.10. The van der Waals surface area contributed by atoms with Gasteiger partial charge in [0.25, 0.3) is 5.91 Å². The predicted octanol–water partition coefficient (Wildman–Crippen LogP) is 1.91. The molecule has 2 N–H and O–H groups in total. The van der Waals surface area contributed by atoms with Crippen molar-refractivity contribution in [2.75, 3.05) is 6.61 Å². The summed E-state index contributed by atoms with van der Waals surface area (Å²) in [5.74, 6) is -0.205. The van der Waals surface area contributed by atoms with Gasteiger partial charge in [0.2, 0.25) is 0 Å². The Bertz CT molecular complexity index is 525. The first kappa shape index (κ1) is 12.7. The van der Waals surface area contributed by atoms with E-state index < -0.39 is 0 Å². The molecule has 4 nitrogen and oxygen atoms in total. The number of thiazole rings is 1. The van der Waals surface area contributed by atoms with Crippen LogP contribution in [0.2, 0.25) is 0 Å². The number of nitrogens with zero attached hydrogens (tertiary/aromatic N) is 1. The molecule has 1 aromatic carbocycles. The lowest BCUT2D eigenvalue weighted by atomic mass is 10.1. The summed E-state index contributed by atoms with van der Waals surface area (Å²) in [5, 5.41) is 13.0. The van der Waals surface area contributed by atoms with Crippen molar-refractivity contribution in [1.29, 1.82) is 0 Å². The van der Waals surface area contributed by atoms with Crippen LogP contribution < -0.4 is 5.32 Å². The van der Waals surface area contributed by atoms with E-state index in [4.69, 9.17) is 0 Å². The van der Waals surface area contributed by atoms with Crippen molar-refractivity contribution in [3.05, 3.63) is 52.0 Å². The Morgan fingerprint density at radius 1 is 1.44 bits per heavy atom. The number of aryl methyl sites for hydroxylation is 1. The van der Waals surface area contributed by atoms with E-state index in [1.165, 1.54) is 11.3 Å². The van der Waals surface area contributed by atoms with Gasteiger partial charge in [0, 0.05) is 0 Å². The third kappa shape index (κ3) is 2.94. The summed E-state index contributed by atoms with van der Waals surface area (Å²) in [6.45, 7) is 1.72. The number of nitrogens with one attached hydrogen (secondary N) is 1. The third-order valence-corrected chi connectivity index (χ3v) is 3.45. The Kier molecular flexibility index (Phi) is 4.07. The maximum Gasteiger partial charge on any atom is 0.263 e. The summed E-state index contributed by atoms with van der Waals surface area (Å²) in [5.41, 5.74) is 0.884.